The largest absolute Gasteiger partial charge is 0.476 e. The van der Waals surface area contributed by atoms with Crippen molar-refractivity contribution >= 4 is 35.2 Å². The first-order valence-electron chi connectivity index (χ1n) is 11.0. The number of cyclic esters (lactones) is 1. The first kappa shape index (κ1) is 25.0. The zero-order chi connectivity index (χ0) is 23.1. The number of carbonyl (C=O) groups is 2. The van der Waals surface area contributed by atoms with Gasteiger partial charge in [-0.3, -0.25) is 4.90 Å². The molecule has 0 radical (unpaired) electrons. The van der Waals surface area contributed by atoms with Crippen LogP contribution in [0.25, 0.3) is 0 Å². The van der Waals surface area contributed by atoms with E-state index in [4.69, 9.17) is 14.6 Å². The van der Waals surface area contributed by atoms with Gasteiger partial charge in [0.15, 0.2) is 10.0 Å². The molecular formula is C22H32N2O6S2. The summed E-state index contributed by atoms with van der Waals surface area (Å²) < 4.78 is 11.3. The van der Waals surface area contributed by atoms with Gasteiger partial charge in [-0.05, 0) is 38.0 Å². The lowest BCUT2D eigenvalue weighted by molar-refractivity contribution is 0.0489. The molecule has 8 nitrogen and oxygen atoms in total. The molecule has 1 aromatic heterocycles. The van der Waals surface area contributed by atoms with E-state index in [1.807, 2.05) is 19.1 Å². The van der Waals surface area contributed by atoms with Gasteiger partial charge < -0.3 is 19.7 Å². The number of aromatic carboxylic acids is 1. The first-order chi connectivity index (χ1) is 15.4. The summed E-state index contributed by atoms with van der Waals surface area (Å²) in [5, 5.41) is 21.5. The van der Waals surface area contributed by atoms with Crippen molar-refractivity contribution in [3.63, 3.8) is 0 Å². The number of thiazole rings is 1. The number of carboxylic acid groups (broad SMARTS) is 1. The minimum absolute atomic E-state index is 0.0350. The summed E-state index contributed by atoms with van der Waals surface area (Å²) in [7, 11) is 1.70. The van der Waals surface area contributed by atoms with Crippen LogP contribution in [0.15, 0.2) is 21.9 Å². The first-order valence-corrected chi connectivity index (χ1v) is 12.9. The molecule has 2 aliphatic rings. The third kappa shape index (κ3) is 6.03. The van der Waals surface area contributed by atoms with E-state index in [9.17, 15) is 14.7 Å². The number of aliphatic hydroxyl groups is 1. The third-order valence-corrected chi connectivity index (χ3v) is 8.36. The highest BCUT2D eigenvalue weighted by molar-refractivity contribution is 8.01. The van der Waals surface area contributed by atoms with Crippen LogP contribution in [0.4, 0.5) is 4.79 Å². The van der Waals surface area contributed by atoms with Crippen LogP contribution in [-0.4, -0.2) is 76.4 Å². The van der Waals surface area contributed by atoms with E-state index >= 15 is 0 Å². The van der Waals surface area contributed by atoms with Crippen molar-refractivity contribution in [2.24, 2.45) is 5.41 Å². The predicted octanol–water partition coefficient (Wildman–Crippen LogP) is 4.05. The summed E-state index contributed by atoms with van der Waals surface area (Å²) in [5.74, 6) is -0.474. The molecule has 3 atom stereocenters. The fourth-order valence-corrected chi connectivity index (χ4v) is 6.40. The lowest BCUT2D eigenvalue weighted by Gasteiger charge is -2.33. The van der Waals surface area contributed by atoms with Gasteiger partial charge in [-0.25, -0.2) is 14.6 Å². The Morgan fingerprint density at radius 2 is 2.25 bits per heavy atom. The Balaban J connectivity index is 1.59. The Morgan fingerprint density at radius 1 is 1.50 bits per heavy atom. The number of thioether (sulfide) groups is 1. The normalized spacial score (nSPS) is 23.7. The summed E-state index contributed by atoms with van der Waals surface area (Å²) in [5.41, 5.74) is -0.0809. The van der Waals surface area contributed by atoms with E-state index in [0.717, 1.165) is 38.5 Å². The van der Waals surface area contributed by atoms with Crippen molar-refractivity contribution in [3.8, 4) is 0 Å². The second-order valence-electron chi connectivity index (χ2n) is 8.42. The topological polar surface area (TPSA) is 109 Å². The Bertz CT molecular complexity index is 808. The number of amides is 1. The Labute approximate surface area is 197 Å². The zero-order valence-electron chi connectivity index (χ0n) is 18.6. The Kier molecular flexibility index (Phi) is 8.98. The molecule has 1 aliphatic carbocycles. The summed E-state index contributed by atoms with van der Waals surface area (Å²) in [4.78, 5) is 29.1. The molecule has 32 heavy (non-hydrogen) atoms. The summed E-state index contributed by atoms with van der Waals surface area (Å²) in [6.07, 6.45) is 8.63. The van der Waals surface area contributed by atoms with Crippen LogP contribution in [0.1, 0.15) is 55.9 Å². The smallest absolute Gasteiger partial charge is 0.410 e. The predicted molar refractivity (Wildman–Crippen MR) is 123 cm³/mol. The number of hydrogen-bond acceptors (Lipinski definition) is 8. The van der Waals surface area contributed by atoms with Gasteiger partial charge in [-0.15, -0.1) is 11.3 Å². The molecule has 0 spiro atoms. The lowest BCUT2D eigenvalue weighted by atomic mass is 9.76. The maximum absolute atomic E-state index is 12.4. The summed E-state index contributed by atoms with van der Waals surface area (Å²) in [6.45, 7) is 2.99. The molecule has 1 saturated carbocycles. The standard InChI is InChI=1S/C22H32N2O6S2/c1-15-17(6-7-18(25)22(8-3-4-9-22)10-5-12-29-2)24(21(28)30-15)11-13-31-20-23-16(14-32-20)19(26)27/h6-7,14-15,17-18,25H,3-5,8-13H2,1-2H3,(H,26,27)/b7-6+/t15-,17-,18?/m0/s1. The van der Waals surface area contributed by atoms with Gasteiger partial charge in [0.2, 0.25) is 0 Å². The van der Waals surface area contributed by atoms with Gasteiger partial charge in [0.05, 0.1) is 12.1 Å². The molecule has 1 aliphatic heterocycles. The van der Waals surface area contributed by atoms with Crippen LogP contribution in [0.2, 0.25) is 0 Å². The van der Waals surface area contributed by atoms with Gasteiger partial charge >= 0.3 is 12.1 Å². The van der Waals surface area contributed by atoms with E-state index in [2.05, 4.69) is 4.98 Å². The number of carbonyl (C=O) groups excluding carboxylic acids is 1. The highest BCUT2D eigenvalue weighted by atomic mass is 32.2. The fourth-order valence-electron chi connectivity index (χ4n) is 4.59. The maximum atomic E-state index is 12.4. The quantitative estimate of drug-likeness (QED) is 0.260. The number of ether oxygens (including phenoxy) is 2. The van der Waals surface area contributed by atoms with Crippen molar-refractivity contribution in [1.82, 2.24) is 9.88 Å². The zero-order valence-corrected chi connectivity index (χ0v) is 20.2. The van der Waals surface area contributed by atoms with Crippen LogP contribution >= 0.6 is 23.1 Å². The van der Waals surface area contributed by atoms with Crippen LogP contribution in [0.5, 0.6) is 0 Å². The molecule has 10 heteroatoms. The number of methoxy groups -OCH3 is 1. The number of aromatic nitrogens is 1. The second-order valence-corrected chi connectivity index (χ2v) is 10.6. The number of carboxylic acids is 1. The van der Waals surface area contributed by atoms with Gasteiger partial charge in [0.1, 0.15) is 6.10 Å². The monoisotopic (exact) mass is 484 g/mol. The maximum Gasteiger partial charge on any atom is 0.410 e. The van der Waals surface area contributed by atoms with E-state index in [-0.39, 0.29) is 29.3 Å². The van der Waals surface area contributed by atoms with Gasteiger partial charge in [0.25, 0.3) is 0 Å². The number of rotatable bonds is 12. The van der Waals surface area contributed by atoms with Gasteiger partial charge in [-0.1, -0.05) is 36.8 Å². The van der Waals surface area contributed by atoms with Crippen LogP contribution in [-0.2, 0) is 9.47 Å². The van der Waals surface area contributed by atoms with Gasteiger partial charge in [0, 0.05) is 31.4 Å². The van der Waals surface area contributed by atoms with Crippen molar-refractivity contribution in [3.05, 3.63) is 23.2 Å². The molecule has 1 aromatic rings. The van der Waals surface area contributed by atoms with E-state index in [1.165, 1.54) is 28.5 Å². The Morgan fingerprint density at radius 3 is 2.91 bits per heavy atom. The third-order valence-electron chi connectivity index (χ3n) is 6.36. The molecule has 2 heterocycles. The van der Waals surface area contributed by atoms with Gasteiger partial charge in [-0.2, -0.15) is 0 Å². The molecular weight excluding hydrogens is 452 g/mol. The molecule has 3 rings (SSSR count). The van der Waals surface area contributed by atoms with Crippen molar-refractivity contribution < 1.29 is 29.3 Å². The molecule has 1 amide bonds. The van der Waals surface area contributed by atoms with E-state index < -0.39 is 12.1 Å². The number of aliphatic hydroxyl groups excluding tert-OH is 1. The molecule has 1 unspecified atom stereocenters. The molecule has 0 bridgehead atoms. The van der Waals surface area contributed by atoms with Crippen LogP contribution < -0.4 is 0 Å². The van der Waals surface area contributed by atoms with E-state index in [1.54, 1.807) is 12.0 Å². The van der Waals surface area contributed by atoms with Crippen LogP contribution in [0, 0.1) is 5.41 Å². The average molecular weight is 485 g/mol. The molecule has 1 saturated heterocycles. The molecule has 2 fully saturated rings. The van der Waals surface area contributed by atoms with Crippen molar-refractivity contribution in [2.75, 3.05) is 26.0 Å². The van der Waals surface area contributed by atoms with Crippen molar-refractivity contribution in [2.45, 2.75) is 68.0 Å². The van der Waals surface area contributed by atoms with Crippen LogP contribution in [0.3, 0.4) is 0 Å². The summed E-state index contributed by atoms with van der Waals surface area (Å²) in [6, 6.07) is -0.249. The summed E-state index contributed by atoms with van der Waals surface area (Å²) >= 11 is 2.69. The molecule has 178 valence electrons. The molecule has 2 N–H and O–H groups in total. The SMILES string of the molecule is COCCCC1(C(O)/C=C/[C@H]2[C@H](C)OC(=O)N2CCSc2nc(C(=O)O)cs2)CCCC1. The van der Waals surface area contributed by atoms with E-state index in [0.29, 0.717) is 23.2 Å². The minimum atomic E-state index is -1.05. The highest BCUT2D eigenvalue weighted by Gasteiger charge is 2.40. The lowest BCUT2D eigenvalue weighted by Crippen LogP contribution is -2.37. The Hall–Kier alpha value is -1.62. The number of hydrogen-bond donors (Lipinski definition) is 2. The highest BCUT2D eigenvalue weighted by Crippen LogP contribution is 2.45. The minimum Gasteiger partial charge on any atom is -0.476 e. The second kappa shape index (κ2) is 11.5. The van der Waals surface area contributed by atoms with Crippen molar-refractivity contribution in [1.29, 1.82) is 0 Å². The fraction of sp³-hybridized carbons (Fsp3) is 0.682. The molecule has 0 aromatic carbocycles. The number of nitrogens with zero attached hydrogens (tertiary/aromatic N) is 2. The average Bonchev–Trinajstić information content (AvgIpc) is 3.48.